The Balaban J connectivity index is 1.80. The van der Waals surface area contributed by atoms with Gasteiger partial charge in [0.05, 0.1) is 10.6 Å². The molecule has 21 heavy (non-hydrogen) atoms. The maximum Gasteiger partial charge on any atom is 0.141 e. The molecular formula is C16H21ClFNOS. The summed E-state index contributed by atoms with van der Waals surface area (Å²) in [5, 5.41) is 3.60. The number of ether oxygens (including phenoxy) is 1. The lowest BCUT2D eigenvalue weighted by molar-refractivity contribution is -0.0850. The van der Waals surface area contributed by atoms with Crippen LogP contribution in [-0.4, -0.2) is 30.8 Å². The van der Waals surface area contributed by atoms with E-state index < -0.39 is 0 Å². The highest BCUT2D eigenvalue weighted by Gasteiger charge is 2.42. The van der Waals surface area contributed by atoms with E-state index in [0.717, 1.165) is 37.2 Å². The predicted molar refractivity (Wildman–Crippen MR) is 86.6 cm³/mol. The van der Waals surface area contributed by atoms with E-state index in [2.05, 4.69) is 5.32 Å². The first-order valence-electron chi connectivity index (χ1n) is 7.47. The number of benzene rings is 1. The third kappa shape index (κ3) is 3.24. The van der Waals surface area contributed by atoms with Crippen molar-refractivity contribution in [2.45, 2.75) is 30.9 Å². The van der Waals surface area contributed by atoms with Gasteiger partial charge in [0, 0.05) is 18.4 Å². The van der Waals surface area contributed by atoms with Crippen molar-refractivity contribution < 1.29 is 9.13 Å². The molecule has 0 aromatic heterocycles. The molecule has 1 N–H and O–H groups in total. The number of halogens is 2. The maximum absolute atomic E-state index is 13.4. The van der Waals surface area contributed by atoms with Crippen LogP contribution in [0.5, 0.6) is 0 Å². The molecule has 3 unspecified atom stereocenters. The first-order chi connectivity index (χ1) is 10.1. The third-order valence-electron chi connectivity index (χ3n) is 4.68. The lowest BCUT2D eigenvalue weighted by Gasteiger charge is -2.41. The van der Waals surface area contributed by atoms with Crippen LogP contribution < -0.4 is 5.32 Å². The summed E-state index contributed by atoms with van der Waals surface area (Å²) in [6, 6.07) is 5.26. The van der Waals surface area contributed by atoms with E-state index >= 15 is 0 Å². The molecule has 5 heteroatoms. The van der Waals surface area contributed by atoms with Gasteiger partial charge in [-0.3, -0.25) is 0 Å². The van der Waals surface area contributed by atoms with Crippen molar-refractivity contribution in [3.05, 3.63) is 34.6 Å². The summed E-state index contributed by atoms with van der Waals surface area (Å²) in [6.45, 7) is 0.818. The average molecular weight is 330 g/mol. The average Bonchev–Trinajstić information content (AvgIpc) is 2.91. The monoisotopic (exact) mass is 329 g/mol. The van der Waals surface area contributed by atoms with Crippen LogP contribution in [0.4, 0.5) is 4.39 Å². The van der Waals surface area contributed by atoms with E-state index in [1.165, 1.54) is 11.8 Å². The third-order valence-corrected chi connectivity index (χ3v) is 6.20. The van der Waals surface area contributed by atoms with E-state index in [-0.39, 0.29) is 22.5 Å². The fraction of sp³-hybridized carbons (Fsp3) is 0.625. The van der Waals surface area contributed by atoms with Gasteiger partial charge in [0.15, 0.2) is 0 Å². The summed E-state index contributed by atoms with van der Waals surface area (Å²) in [4.78, 5) is 0. The molecule has 2 saturated heterocycles. The van der Waals surface area contributed by atoms with E-state index in [0.29, 0.717) is 5.92 Å². The minimum Gasteiger partial charge on any atom is -0.374 e. The van der Waals surface area contributed by atoms with Crippen molar-refractivity contribution in [1.29, 1.82) is 0 Å². The Bertz CT molecular complexity index is 507. The highest BCUT2D eigenvalue weighted by atomic mass is 35.5. The largest absolute Gasteiger partial charge is 0.374 e. The Morgan fingerprint density at radius 1 is 1.52 bits per heavy atom. The number of hydrogen-bond acceptors (Lipinski definition) is 3. The Hall–Kier alpha value is -0.290. The molecule has 0 bridgehead atoms. The van der Waals surface area contributed by atoms with Crippen molar-refractivity contribution in [2.24, 2.45) is 5.92 Å². The molecule has 0 radical (unpaired) electrons. The van der Waals surface area contributed by atoms with Crippen LogP contribution in [-0.2, 0) is 4.74 Å². The molecule has 2 heterocycles. The molecule has 2 fully saturated rings. The van der Waals surface area contributed by atoms with Crippen molar-refractivity contribution in [3.8, 4) is 0 Å². The van der Waals surface area contributed by atoms with Crippen LogP contribution >= 0.6 is 23.4 Å². The van der Waals surface area contributed by atoms with Crippen LogP contribution in [0.3, 0.4) is 0 Å². The van der Waals surface area contributed by atoms with Gasteiger partial charge in [-0.15, -0.1) is 0 Å². The van der Waals surface area contributed by atoms with E-state index in [1.807, 2.05) is 24.9 Å². The Morgan fingerprint density at radius 2 is 2.38 bits per heavy atom. The molecule has 1 aromatic carbocycles. The second kappa shape index (κ2) is 6.45. The molecule has 2 nitrogen and oxygen atoms in total. The zero-order valence-electron chi connectivity index (χ0n) is 12.2. The zero-order chi connectivity index (χ0) is 14.9. The van der Waals surface area contributed by atoms with Crippen molar-refractivity contribution in [1.82, 2.24) is 5.32 Å². The van der Waals surface area contributed by atoms with Gasteiger partial charge in [0.1, 0.15) is 5.82 Å². The minimum absolute atomic E-state index is 0.0620. The topological polar surface area (TPSA) is 21.3 Å². The van der Waals surface area contributed by atoms with E-state index in [4.69, 9.17) is 16.3 Å². The minimum atomic E-state index is -0.356. The lowest BCUT2D eigenvalue weighted by Crippen LogP contribution is -2.43. The second-order valence-electron chi connectivity index (χ2n) is 6.03. The summed E-state index contributed by atoms with van der Waals surface area (Å²) < 4.78 is 19.5. The van der Waals surface area contributed by atoms with Gasteiger partial charge in [-0.05, 0) is 55.7 Å². The molecular weight excluding hydrogens is 309 g/mol. The standard InChI is InChI=1S/C16H21ClFNOS/c1-19-15(11-2-3-14(18)13(17)8-11)12-4-6-20-16(9-12)5-7-21-10-16/h2-3,8,12,15,19H,4-7,9-10H2,1H3. The molecule has 2 aliphatic rings. The molecule has 0 saturated carbocycles. The number of nitrogens with one attached hydrogen (secondary N) is 1. The van der Waals surface area contributed by atoms with Gasteiger partial charge in [-0.2, -0.15) is 11.8 Å². The van der Waals surface area contributed by atoms with Crippen LogP contribution in [0.25, 0.3) is 0 Å². The smallest absolute Gasteiger partial charge is 0.141 e. The van der Waals surface area contributed by atoms with Crippen LogP contribution in [0, 0.1) is 11.7 Å². The Kier molecular flexibility index (Phi) is 4.79. The molecule has 3 rings (SSSR count). The molecule has 116 valence electrons. The summed E-state index contributed by atoms with van der Waals surface area (Å²) in [5.74, 6) is 2.44. The number of hydrogen-bond donors (Lipinski definition) is 1. The molecule has 1 spiro atoms. The first kappa shape index (κ1) is 15.6. The van der Waals surface area contributed by atoms with E-state index in [1.54, 1.807) is 6.07 Å². The van der Waals surface area contributed by atoms with Crippen LogP contribution in [0.2, 0.25) is 5.02 Å². The number of rotatable bonds is 3. The number of thioether (sulfide) groups is 1. The summed E-state index contributed by atoms with van der Waals surface area (Å²) >= 11 is 7.93. The fourth-order valence-corrected chi connectivity index (χ4v) is 5.16. The van der Waals surface area contributed by atoms with Crippen molar-refractivity contribution in [2.75, 3.05) is 25.2 Å². The van der Waals surface area contributed by atoms with Gasteiger partial charge in [-0.25, -0.2) is 4.39 Å². The van der Waals surface area contributed by atoms with Gasteiger partial charge in [-0.1, -0.05) is 17.7 Å². The summed E-state index contributed by atoms with van der Waals surface area (Å²) in [7, 11) is 1.97. The van der Waals surface area contributed by atoms with Gasteiger partial charge in [0.2, 0.25) is 0 Å². The van der Waals surface area contributed by atoms with Gasteiger partial charge >= 0.3 is 0 Å². The molecule has 0 amide bonds. The van der Waals surface area contributed by atoms with Crippen molar-refractivity contribution >= 4 is 23.4 Å². The Morgan fingerprint density at radius 3 is 3.05 bits per heavy atom. The summed E-state index contributed by atoms with van der Waals surface area (Å²) in [6.07, 6.45) is 3.25. The first-order valence-corrected chi connectivity index (χ1v) is 9.01. The molecule has 0 aliphatic carbocycles. The lowest BCUT2D eigenvalue weighted by atomic mass is 9.79. The van der Waals surface area contributed by atoms with Crippen molar-refractivity contribution in [3.63, 3.8) is 0 Å². The quantitative estimate of drug-likeness (QED) is 0.904. The van der Waals surface area contributed by atoms with Gasteiger partial charge < -0.3 is 10.1 Å². The normalized spacial score (nSPS) is 30.7. The highest BCUT2D eigenvalue weighted by Crippen LogP contribution is 2.44. The molecule has 3 atom stereocenters. The van der Waals surface area contributed by atoms with Crippen LogP contribution in [0.15, 0.2) is 18.2 Å². The second-order valence-corrected chi connectivity index (χ2v) is 7.54. The fourth-order valence-electron chi connectivity index (χ4n) is 3.59. The Labute approximate surface area is 134 Å². The predicted octanol–water partition coefficient (Wildman–Crippen LogP) is 4.04. The molecule has 1 aromatic rings. The molecule has 2 aliphatic heterocycles. The van der Waals surface area contributed by atoms with Crippen LogP contribution in [0.1, 0.15) is 30.9 Å². The maximum atomic E-state index is 13.4. The highest BCUT2D eigenvalue weighted by molar-refractivity contribution is 7.99. The van der Waals surface area contributed by atoms with Gasteiger partial charge in [0.25, 0.3) is 0 Å². The summed E-state index contributed by atoms with van der Waals surface area (Å²) in [5.41, 5.74) is 1.13. The van der Waals surface area contributed by atoms with E-state index in [9.17, 15) is 4.39 Å². The SMILES string of the molecule is CNC(c1ccc(F)c(Cl)c1)C1CCOC2(CCSC2)C1. The zero-order valence-corrected chi connectivity index (χ0v) is 13.8.